The summed E-state index contributed by atoms with van der Waals surface area (Å²) in [5.41, 5.74) is 0.510. The summed E-state index contributed by atoms with van der Waals surface area (Å²) >= 11 is 0. The van der Waals surface area contributed by atoms with Gasteiger partial charge in [0.1, 0.15) is 5.75 Å². The molecule has 24 heavy (non-hydrogen) atoms. The molecular weight excluding hydrogens is 326 g/mol. The number of hydrogen-bond donors (Lipinski definition) is 1. The molecule has 0 heterocycles. The Kier molecular flexibility index (Phi) is 5.41. The third-order valence-electron chi connectivity index (χ3n) is 3.40. The van der Waals surface area contributed by atoms with Crippen molar-refractivity contribution in [1.29, 1.82) is 0 Å². The number of nitrogens with zero attached hydrogens (tertiary/aromatic N) is 1. The maximum atomic E-state index is 13.0. The fourth-order valence-corrected chi connectivity index (χ4v) is 3.68. The second-order valence-corrected chi connectivity index (χ2v) is 6.99. The van der Waals surface area contributed by atoms with Crippen LogP contribution < -0.4 is 4.31 Å². The van der Waals surface area contributed by atoms with Crippen molar-refractivity contribution in [1.82, 2.24) is 0 Å². The van der Waals surface area contributed by atoms with Gasteiger partial charge in [-0.05, 0) is 49.7 Å². The first kappa shape index (κ1) is 17.7. The van der Waals surface area contributed by atoms with Crippen LogP contribution in [0.25, 0.3) is 0 Å². The Morgan fingerprint density at radius 1 is 1.08 bits per heavy atom. The Hall–Kier alpha value is -2.60. The van der Waals surface area contributed by atoms with Gasteiger partial charge >= 0.3 is 0 Å². The normalized spacial score (nSPS) is 12.0. The molecule has 0 aliphatic heterocycles. The fraction of sp³-hybridized carbons (Fsp3) is 0.167. The molecule has 0 saturated carbocycles. The molecular formula is C18H19NO4S. The Bertz CT molecular complexity index is 840. The molecule has 0 spiro atoms. The van der Waals surface area contributed by atoms with E-state index in [4.69, 9.17) is 0 Å². The number of phenolic OH excluding ortho intramolecular Hbond substituents is 1. The number of benzene rings is 2. The minimum Gasteiger partial charge on any atom is -0.508 e. The average molecular weight is 345 g/mol. The van der Waals surface area contributed by atoms with Crippen molar-refractivity contribution in [3.63, 3.8) is 0 Å². The van der Waals surface area contributed by atoms with Gasteiger partial charge in [-0.3, -0.25) is 4.79 Å². The standard InChI is InChI=1S/C18H19NO4S/c1-3-7-14(2)18(21)19(15-10-12-16(20)13-11-15)24(22,23)17-8-5-4-6-9-17/h4-13,20H,3H2,1-2H3. The third kappa shape index (κ3) is 3.65. The quantitative estimate of drug-likeness (QED) is 0.842. The monoisotopic (exact) mass is 345 g/mol. The van der Waals surface area contributed by atoms with Crippen LogP contribution in [-0.2, 0) is 14.8 Å². The highest BCUT2D eigenvalue weighted by Gasteiger charge is 2.31. The van der Waals surface area contributed by atoms with Gasteiger partial charge in [0.15, 0.2) is 0 Å². The zero-order valence-electron chi connectivity index (χ0n) is 13.5. The summed E-state index contributed by atoms with van der Waals surface area (Å²) in [5.74, 6) is -0.629. The summed E-state index contributed by atoms with van der Waals surface area (Å²) in [4.78, 5) is 12.8. The lowest BCUT2D eigenvalue weighted by Gasteiger charge is -2.23. The summed E-state index contributed by atoms with van der Waals surface area (Å²) in [6.07, 6.45) is 2.29. The molecule has 0 radical (unpaired) electrons. The number of anilines is 1. The van der Waals surface area contributed by atoms with E-state index in [9.17, 15) is 18.3 Å². The number of carbonyl (C=O) groups excluding carboxylic acids is 1. The van der Waals surface area contributed by atoms with Gasteiger partial charge in [-0.25, -0.2) is 8.42 Å². The van der Waals surface area contributed by atoms with Crippen molar-refractivity contribution in [2.75, 3.05) is 4.31 Å². The van der Waals surface area contributed by atoms with E-state index >= 15 is 0 Å². The average Bonchev–Trinajstić information content (AvgIpc) is 2.57. The van der Waals surface area contributed by atoms with E-state index in [-0.39, 0.29) is 16.3 Å². The van der Waals surface area contributed by atoms with Crippen LogP contribution in [0.5, 0.6) is 5.75 Å². The molecule has 0 aliphatic rings. The molecule has 2 aromatic rings. The fourth-order valence-electron chi connectivity index (χ4n) is 2.20. The number of aromatic hydroxyl groups is 1. The lowest BCUT2D eigenvalue weighted by Crippen LogP contribution is -2.37. The molecule has 2 aromatic carbocycles. The summed E-state index contributed by atoms with van der Waals surface area (Å²) in [6, 6.07) is 13.3. The predicted octanol–water partition coefficient (Wildman–Crippen LogP) is 3.47. The summed E-state index contributed by atoms with van der Waals surface area (Å²) in [5, 5.41) is 9.43. The van der Waals surface area contributed by atoms with E-state index in [0.717, 1.165) is 4.31 Å². The van der Waals surface area contributed by atoms with Crippen molar-refractivity contribution >= 4 is 21.6 Å². The highest BCUT2D eigenvalue weighted by Crippen LogP contribution is 2.27. The summed E-state index contributed by atoms with van der Waals surface area (Å²) in [7, 11) is -4.07. The smallest absolute Gasteiger partial charge is 0.271 e. The number of allylic oxidation sites excluding steroid dienone is 1. The lowest BCUT2D eigenvalue weighted by molar-refractivity contribution is -0.114. The molecule has 5 nitrogen and oxygen atoms in total. The van der Waals surface area contributed by atoms with E-state index in [1.165, 1.54) is 36.4 Å². The van der Waals surface area contributed by atoms with Crippen molar-refractivity contribution in [3.8, 4) is 5.75 Å². The number of sulfonamides is 1. The van der Waals surface area contributed by atoms with Gasteiger partial charge in [-0.15, -0.1) is 0 Å². The van der Waals surface area contributed by atoms with E-state index in [0.29, 0.717) is 12.0 Å². The van der Waals surface area contributed by atoms with Crippen LogP contribution in [0.4, 0.5) is 5.69 Å². The Morgan fingerprint density at radius 2 is 1.67 bits per heavy atom. The van der Waals surface area contributed by atoms with Crippen LogP contribution in [0.2, 0.25) is 0 Å². The third-order valence-corrected chi connectivity index (χ3v) is 5.12. The highest BCUT2D eigenvalue weighted by atomic mass is 32.2. The Balaban J connectivity index is 2.61. The second-order valence-electron chi connectivity index (χ2n) is 5.20. The molecule has 0 aromatic heterocycles. The molecule has 0 aliphatic carbocycles. The van der Waals surface area contributed by atoms with Crippen LogP contribution in [0.15, 0.2) is 71.1 Å². The zero-order chi connectivity index (χ0) is 17.7. The highest BCUT2D eigenvalue weighted by molar-refractivity contribution is 7.93. The maximum absolute atomic E-state index is 13.0. The van der Waals surface area contributed by atoms with Gasteiger partial charge in [0, 0.05) is 5.57 Å². The van der Waals surface area contributed by atoms with Crippen LogP contribution in [0, 0.1) is 0 Å². The summed E-state index contributed by atoms with van der Waals surface area (Å²) in [6.45, 7) is 3.45. The SMILES string of the molecule is CCC=C(C)C(=O)N(c1ccc(O)cc1)S(=O)(=O)c1ccccc1. The molecule has 126 valence electrons. The first-order valence-corrected chi connectivity index (χ1v) is 8.92. The van der Waals surface area contributed by atoms with Crippen LogP contribution in [0.1, 0.15) is 20.3 Å². The van der Waals surface area contributed by atoms with Crippen LogP contribution in [-0.4, -0.2) is 19.4 Å². The molecule has 6 heteroatoms. The molecule has 0 saturated heterocycles. The molecule has 2 rings (SSSR count). The van der Waals surface area contributed by atoms with Crippen molar-refractivity contribution in [3.05, 3.63) is 66.2 Å². The van der Waals surface area contributed by atoms with Gasteiger partial charge in [0.05, 0.1) is 10.6 Å². The van der Waals surface area contributed by atoms with Crippen molar-refractivity contribution < 1.29 is 18.3 Å². The second kappa shape index (κ2) is 7.31. The Morgan fingerprint density at radius 3 is 2.21 bits per heavy atom. The van der Waals surface area contributed by atoms with Gasteiger partial charge in [-0.2, -0.15) is 4.31 Å². The van der Waals surface area contributed by atoms with Crippen molar-refractivity contribution in [2.24, 2.45) is 0 Å². The van der Waals surface area contributed by atoms with Gasteiger partial charge < -0.3 is 5.11 Å². The number of carbonyl (C=O) groups is 1. The van der Waals surface area contributed by atoms with Gasteiger partial charge in [-0.1, -0.05) is 31.2 Å². The van der Waals surface area contributed by atoms with E-state index in [2.05, 4.69) is 0 Å². The van der Waals surface area contributed by atoms with Crippen LogP contribution >= 0.6 is 0 Å². The number of phenols is 1. The molecule has 0 bridgehead atoms. The van der Waals surface area contributed by atoms with E-state index < -0.39 is 15.9 Å². The Labute approximate surface area is 141 Å². The first-order chi connectivity index (χ1) is 11.4. The zero-order valence-corrected chi connectivity index (χ0v) is 14.3. The topological polar surface area (TPSA) is 74.7 Å². The molecule has 0 unspecified atom stereocenters. The van der Waals surface area contributed by atoms with Crippen LogP contribution in [0.3, 0.4) is 0 Å². The van der Waals surface area contributed by atoms with E-state index in [1.54, 1.807) is 31.2 Å². The lowest BCUT2D eigenvalue weighted by atomic mass is 10.2. The molecule has 1 N–H and O–H groups in total. The molecule has 1 amide bonds. The largest absolute Gasteiger partial charge is 0.508 e. The molecule has 0 fully saturated rings. The van der Waals surface area contributed by atoms with E-state index in [1.807, 2.05) is 6.92 Å². The van der Waals surface area contributed by atoms with Crippen molar-refractivity contribution in [2.45, 2.75) is 25.2 Å². The minimum atomic E-state index is -4.07. The number of rotatable bonds is 5. The molecule has 0 atom stereocenters. The predicted molar refractivity (Wildman–Crippen MR) is 93.3 cm³/mol. The number of amides is 1. The summed E-state index contributed by atoms with van der Waals surface area (Å²) < 4.78 is 26.7. The van der Waals surface area contributed by atoms with Gasteiger partial charge in [0.2, 0.25) is 0 Å². The van der Waals surface area contributed by atoms with Gasteiger partial charge in [0.25, 0.3) is 15.9 Å². The maximum Gasteiger partial charge on any atom is 0.271 e. The first-order valence-electron chi connectivity index (χ1n) is 7.48. The minimum absolute atomic E-state index is 0.0101. The number of hydrogen-bond acceptors (Lipinski definition) is 4.